The van der Waals surface area contributed by atoms with E-state index in [2.05, 4.69) is 4.74 Å². The molecule has 1 fully saturated rings. The molecule has 1 saturated heterocycles. The van der Waals surface area contributed by atoms with Crippen molar-refractivity contribution in [2.45, 2.75) is 34.1 Å². The van der Waals surface area contributed by atoms with Gasteiger partial charge in [-0.3, -0.25) is 0 Å². The predicted molar refractivity (Wildman–Crippen MR) is 51.3 cm³/mol. The first kappa shape index (κ1) is 13.8. The third kappa shape index (κ3) is 6.01. The highest BCUT2D eigenvalue weighted by atomic mass is 16.6. The molecule has 0 bridgehead atoms. The minimum Gasteiger partial charge on any atom is -0.449 e. The number of carbonyl (C=O) groups is 1. The summed E-state index contributed by atoms with van der Waals surface area (Å²) in [5.41, 5.74) is 0. The van der Waals surface area contributed by atoms with Gasteiger partial charge in [-0.2, -0.15) is 0 Å². The van der Waals surface area contributed by atoms with Gasteiger partial charge in [-0.25, -0.2) is 4.79 Å². The molecule has 0 spiro atoms. The Bertz CT molecular complexity index is 105. The van der Waals surface area contributed by atoms with Gasteiger partial charge < -0.3 is 9.64 Å². The lowest BCUT2D eigenvalue weighted by Gasteiger charge is -2.21. The summed E-state index contributed by atoms with van der Waals surface area (Å²) in [4.78, 5) is 12.1. The molecule has 0 aliphatic carbocycles. The minimum atomic E-state index is -0.198. The normalized spacial score (nSPS) is 14.8. The van der Waals surface area contributed by atoms with Crippen LogP contribution in [0.2, 0.25) is 0 Å². The van der Waals surface area contributed by atoms with Crippen molar-refractivity contribution in [3.63, 3.8) is 0 Å². The Kier molecular flexibility index (Phi) is 11.8. The number of hydrogen-bond acceptors (Lipinski definition) is 2. The summed E-state index contributed by atoms with van der Waals surface area (Å²) in [6.07, 6.45) is 0.763. The summed E-state index contributed by atoms with van der Waals surface area (Å²) in [5.74, 6) is 0. The Morgan fingerprint density at radius 1 is 1.25 bits per heavy atom. The maximum Gasteiger partial charge on any atom is 0.409 e. The van der Waals surface area contributed by atoms with Crippen molar-refractivity contribution in [1.82, 2.24) is 4.90 Å². The number of rotatable bonds is 0. The molecule has 3 nitrogen and oxygen atoms in total. The number of carbonyl (C=O) groups excluding carboxylic acids is 1. The molecule has 0 saturated carbocycles. The highest BCUT2D eigenvalue weighted by Gasteiger charge is 2.13. The molecule has 0 aromatic carbocycles. The molecule has 0 N–H and O–H groups in total. The lowest BCUT2D eigenvalue weighted by Crippen LogP contribution is -2.33. The third-order valence-corrected chi connectivity index (χ3v) is 1.18. The molecule has 1 aliphatic heterocycles. The molecule has 0 aromatic heterocycles. The quantitative estimate of drug-likeness (QED) is 0.566. The van der Waals surface area contributed by atoms with Crippen molar-refractivity contribution in [2.24, 2.45) is 0 Å². The van der Waals surface area contributed by atoms with Gasteiger partial charge in [-0.05, 0) is 6.42 Å². The monoisotopic (exact) mass is 175 g/mol. The summed E-state index contributed by atoms with van der Waals surface area (Å²) in [6.45, 7) is 9.42. The largest absolute Gasteiger partial charge is 0.449 e. The molecule has 0 radical (unpaired) electrons. The minimum absolute atomic E-state index is 0.198. The van der Waals surface area contributed by atoms with Gasteiger partial charge in [-0.15, -0.1) is 0 Å². The molecule has 74 valence electrons. The Morgan fingerprint density at radius 3 is 2.00 bits per heavy atom. The van der Waals surface area contributed by atoms with E-state index in [4.69, 9.17) is 0 Å². The molecule has 12 heavy (non-hydrogen) atoms. The first-order valence-electron chi connectivity index (χ1n) is 4.68. The summed E-state index contributed by atoms with van der Waals surface area (Å²) >= 11 is 0. The Balaban J connectivity index is 0. The molecule has 0 atom stereocenters. The zero-order chi connectivity index (χ0) is 9.98. The van der Waals surface area contributed by atoms with Gasteiger partial charge >= 0.3 is 6.09 Å². The van der Waals surface area contributed by atoms with Crippen LogP contribution in [0.4, 0.5) is 4.79 Å². The number of cyclic esters (lactones) is 1. The summed E-state index contributed by atoms with van der Waals surface area (Å²) < 4.78 is 4.68. The Morgan fingerprint density at radius 2 is 1.75 bits per heavy atom. The van der Waals surface area contributed by atoms with Crippen LogP contribution in [0.25, 0.3) is 0 Å². The highest BCUT2D eigenvalue weighted by Crippen LogP contribution is 1.99. The Labute approximate surface area is 75.7 Å². The van der Waals surface area contributed by atoms with Crippen molar-refractivity contribution in [2.75, 3.05) is 20.2 Å². The van der Waals surface area contributed by atoms with Gasteiger partial charge in [0.1, 0.15) is 0 Å². The molecule has 1 rings (SSSR count). The summed E-state index contributed by atoms with van der Waals surface area (Å²) in [6, 6.07) is 0. The lowest BCUT2D eigenvalue weighted by atomic mass is 10.4. The molecule has 0 aromatic rings. The second-order valence-corrected chi connectivity index (χ2v) is 1.89. The number of hydrogen-bond donors (Lipinski definition) is 0. The molecule has 1 amide bonds. The molecule has 1 heterocycles. The van der Waals surface area contributed by atoms with E-state index >= 15 is 0 Å². The molecule has 0 unspecified atom stereocenters. The van der Waals surface area contributed by atoms with Gasteiger partial charge in [0.15, 0.2) is 0 Å². The maximum atomic E-state index is 10.5. The van der Waals surface area contributed by atoms with Crippen LogP contribution < -0.4 is 0 Å². The van der Waals surface area contributed by atoms with E-state index in [0.717, 1.165) is 13.0 Å². The average Bonchev–Trinajstić information content (AvgIpc) is 2.17. The van der Waals surface area contributed by atoms with Crippen LogP contribution in [-0.2, 0) is 4.74 Å². The van der Waals surface area contributed by atoms with Crippen LogP contribution in [-0.4, -0.2) is 31.2 Å². The first-order chi connectivity index (χ1) is 5.80. The second kappa shape index (κ2) is 10.3. The van der Waals surface area contributed by atoms with E-state index in [1.54, 1.807) is 11.9 Å². The SMILES string of the molecule is CC.CC.CN1CCCOC1=O. The van der Waals surface area contributed by atoms with Crippen LogP contribution in [0.1, 0.15) is 34.1 Å². The maximum absolute atomic E-state index is 10.5. The van der Waals surface area contributed by atoms with Gasteiger partial charge in [0, 0.05) is 13.6 Å². The van der Waals surface area contributed by atoms with E-state index in [1.807, 2.05) is 27.7 Å². The fraction of sp³-hybridized carbons (Fsp3) is 0.889. The van der Waals surface area contributed by atoms with E-state index in [9.17, 15) is 4.79 Å². The van der Waals surface area contributed by atoms with Crippen molar-refractivity contribution >= 4 is 6.09 Å². The first-order valence-corrected chi connectivity index (χ1v) is 4.68. The number of ether oxygens (including phenoxy) is 1. The number of nitrogens with zero attached hydrogens (tertiary/aromatic N) is 1. The van der Waals surface area contributed by atoms with Gasteiger partial charge in [-0.1, -0.05) is 27.7 Å². The topological polar surface area (TPSA) is 29.5 Å². The highest BCUT2D eigenvalue weighted by molar-refractivity contribution is 5.67. The molecule has 1 aliphatic rings. The smallest absolute Gasteiger partial charge is 0.409 e. The van der Waals surface area contributed by atoms with E-state index in [-0.39, 0.29) is 6.09 Å². The van der Waals surface area contributed by atoms with E-state index in [0.29, 0.717) is 6.61 Å². The average molecular weight is 175 g/mol. The van der Waals surface area contributed by atoms with Gasteiger partial charge in [0.2, 0.25) is 0 Å². The van der Waals surface area contributed by atoms with Crippen molar-refractivity contribution in [3.05, 3.63) is 0 Å². The zero-order valence-corrected chi connectivity index (χ0v) is 8.89. The van der Waals surface area contributed by atoms with Crippen molar-refractivity contribution in [3.8, 4) is 0 Å². The van der Waals surface area contributed by atoms with Gasteiger partial charge in [0.05, 0.1) is 6.61 Å². The second-order valence-electron chi connectivity index (χ2n) is 1.89. The van der Waals surface area contributed by atoms with Crippen LogP contribution in [0, 0.1) is 0 Å². The molecular formula is C9H21NO2. The summed E-state index contributed by atoms with van der Waals surface area (Å²) in [5, 5.41) is 0. The van der Waals surface area contributed by atoms with Crippen LogP contribution in [0.15, 0.2) is 0 Å². The fourth-order valence-corrected chi connectivity index (χ4v) is 0.663. The van der Waals surface area contributed by atoms with Crippen LogP contribution in [0.5, 0.6) is 0 Å². The van der Waals surface area contributed by atoms with Crippen LogP contribution in [0.3, 0.4) is 0 Å². The standard InChI is InChI=1S/C5H9NO2.2C2H6/c1-6-3-2-4-8-5(6)7;2*1-2/h2-4H2,1H3;2*1-2H3. The lowest BCUT2D eigenvalue weighted by molar-refractivity contribution is 0.0831. The molecular weight excluding hydrogens is 154 g/mol. The number of amides is 1. The van der Waals surface area contributed by atoms with Crippen molar-refractivity contribution < 1.29 is 9.53 Å². The fourth-order valence-electron chi connectivity index (χ4n) is 0.663. The molecule has 3 heteroatoms. The zero-order valence-electron chi connectivity index (χ0n) is 8.89. The van der Waals surface area contributed by atoms with E-state index in [1.165, 1.54) is 0 Å². The third-order valence-electron chi connectivity index (χ3n) is 1.18. The van der Waals surface area contributed by atoms with E-state index < -0.39 is 0 Å². The Hall–Kier alpha value is -0.730. The summed E-state index contributed by atoms with van der Waals surface area (Å²) in [7, 11) is 1.74. The van der Waals surface area contributed by atoms with Crippen molar-refractivity contribution in [1.29, 1.82) is 0 Å². The predicted octanol–water partition coefficient (Wildman–Crippen LogP) is 2.51. The van der Waals surface area contributed by atoms with Crippen LogP contribution >= 0.6 is 0 Å². The van der Waals surface area contributed by atoms with Gasteiger partial charge in [0.25, 0.3) is 0 Å².